The van der Waals surface area contributed by atoms with E-state index in [9.17, 15) is 14.7 Å². The summed E-state index contributed by atoms with van der Waals surface area (Å²) in [6.07, 6.45) is 2.32. The number of rotatable bonds is 6. The maximum Gasteiger partial charge on any atom is 0.229 e. The summed E-state index contributed by atoms with van der Waals surface area (Å²) in [5.41, 5.74) is 2.50. The van der Waals surface area contributed by atoms with E-state index in [4.69, 9.17) is 0 Å². The van der Waals surface area contributed by atoms with E-state index in [0.717, 1.165) is 11.1 Å². The first-order valence-electron chi connectivity index (χ1n) is 9.41. The highest BCUT2D eigenvalue weighted by Gasteiger charge is 2.34. The number of amides is 2. The SMILES string of the molecule is O=C(Nc1cccc(-c2ncn[nH]2)c1)[C@@H]1CC(=O)N(CCc2ccc(O)cc2)C1. The van der Waals surface area contributed by atoms with E-state index in [2.05, 4.69) is 20.5 Å². The van der Waals surface area contributed by atoms with Crippen molar-refractivity contribution in [3.63, 3.8) is 0 Å². The van der Waals surface area contributed by atoms with Gasteiger partial charge in [0, 0.05) is 30.8 Å². The Labute approximate surface area is 167 Å². The number of benzene rings is 2. The number of H-pyrrole nitrogens is 1. The third kappa shape index (κ3) is 4.43. The molecular weight excluding hydrogens is 370 g/mol. The van der Waals surface area contributed by atoms with Crippen molar-refractivity contribution >= 4 is 17.5 Å². The van der Waals surface area contributed by atoms with Crippen molar-refractivity contribution in [3.8, 4) is 17.1 Å². The molecule has 0 radical (unpaired) electrons. The summed E-state index contributed by atoms with van der Waals surface area (Å²) in [6, 6.07) is 14.3. The zero-order chi connectivity index (χ0) is 20.2. The summed E-state index contributed by atoms with van der Waals surface area (Å²) in [5, 5.41) is 18.9. The normalized spacial score (nSPS) is 16.2. The van der Waals surface area contributed by atoms with Crippen LogP contribution in [0.4, 0.5) is 5.69 Å². The Hall–Kier alpha value is -3.68. The lowest BCUT2D eigenvalue weighted by Gasteiger charge is -2.16. The molecule has 1 aliphatic heterocycles. The van der Waals surface area contributed by atoms with Crippen LogP contribution in [0.2, 0.25) is 0 Å². The van der Waals surface area contributed by atoms with Crippen LogP contribution in [-0.2, 0) is 16.0 Å². The second kappa shape index (κ2) is 8.14. The predicted molar refractivity (Wildman–Crippen MR) is 107 cm³/mol. The Morgan fingerprint density at radius 3 is 2.83 bits per heavy atom. The van der Waals surface area contributed by atoms with Gasteiger partial charge in [-0.25, -0.2) is 4.98 Å². The van der Waals surface area contributed by atoms with Gasteiger partial charge in [0.25, 0.3) is 0 Å². The number of aromatic hydroxyl groups is 1. The molecule has 8 nitrogen and oxygen atoms in total. The Morgan fingerprint density at radius 1 is 1.24 bits per heavy atom. The first-order chi connectivity index (χ1) is 14.1. The minimum Gasteiger partial charge on any atom is -0.508 e. The molecule has 0 unspecified atom stereocenters. The molecule has 0 bridgehead atoms. The summed E-state index contributed by atoms with van der Waals surface area (Å²) in [6.45, 7) is 0.957. The van der Waals surface area contributed by atoms with Gasteiger partial charge >= 0.3 is 0 Å². The summed E-state index contributed by atoms with van der Waals surface area (Å²) >= 11 is 0. The van der Waals surface area contributed by atoms with Crippen LogP contribution in [0.5, 0.6) is 5.75 Å². The van der Waals surface area contributed by atoms with Crippen molar-refractivity contribution in [1.82, 2.24) is 20.1 Å². The number of aromatic nitrogens is 3. The number of nitrogens with one attached hydrogen (secondary N) is 2. The Balaban J connectivity index is 1.34. The number of anilines is 1. The summed E-state index contributed by atoms with van der Waals surface area (Å²) < 4.78 is 0. The van der Waals surface area contributed by atoms with E-state index in [1.807, 2.05) is 30.3 Å². The molecule has 2 heterocycles. The summed E-state index contributed by atoms with van der Waals surface area (Å²) in [7, 11) is 0. The molecule has 1 atom stereocenters. The average Bonchev–Trinajstić information content (AvgIpc) is 3.38. The molecule has 3 aromatic rings. The average molecular weight is 391 g/mol. The first kappa shape index (κ1) is 18.7. The van der Waals surface area contributed by atoms with Crippen LogP contribution in [0.15, 0.2) is 54.9 Å². The Bertz CT molecular complexity index is 1000. The van der Waals surface area contributed by atoms with Crippen molar-refractivity contribution in [1.29, 1.82) is 0 Å². The van der Waals surface area contributed by atoms with Gasteiger partial charge in [-0.3, -0.25) is 14.7 Å². The molecule has 1 aliphatic rings. The third-order valence-electron chi connectivity index (χ3n) is 5.01. The number of hydrogen-bond acceptors (Lipinski definition) is 5. The van der Waals surface area contributed by atoms with Gasteiger partial charge in [0.2, 0.25) is 11.8 Å². The quantitative estimate of drug-likeness (QED) is 0.597. The van der Waals surface area contributed by atoms with Crippen LogP contribution >= 0.6 is 0 Å². The smallest absolute Gasteiger partial charge is 0.229 e. The zero-order valence-electron chi connectivity index (χ0n) is 15.7. The summed E-state index contributed by atoms with van der Waals surface area (Å²) in [5.74, 6) is 0.281. The molecular formula is C21H21N5O3. The van der Waals surface area contributed by atoms with E-state index in [0.29, 0.717) is 31.0 Å². The number of phenols is 1. The minimum absolute atomic E-state index is 0.0145. The number of aromatic amines is 1. The molecule has 0 saturated carbocycles. The maximum absolute atomic E-state index is 12.7. The fourth-order valence-corrected chi connectivity index (χ4v) is 3.42. The fourth-order valence-electron chi connectivity index (χ4n) is 3.42. The molecule has 0 spiro atoms. The standard InChI is InChI=1S/C21H21N5O3/c27-18-6-4-14(5-7-18)8-9-26-12-16(11-19(26)28)21(29)24-17-3-1-2-15(10-17)20-22-13-23-25-20/h1-7,10,13,16,27H,8-9,11-12H2,(H,24,29)(H,22,23,25)/t16-/m1/s1. The zero-order valence-corrected chi connectivity index (χ0v) is 15.7. The van der Waals surface area contributed by atoms with Crippen LogP contribution in [0.25, 0.3) is 11.4 Å². The van der Waals surface area contributed by atoms with E-state index in [1.165, 1.54) is 6.33 Å². The van der Waals surface area contributed by atoms with Gasteiger partial charge in [-0.2, -0.15) is 5.10 Å². The molecule has 0 aliphatic carbocycles. The van der Waals surface area contributed by atoms with Crippen LogP contribution in [0, 0.1) is 5.92 Å². The lowest BCUT2D eigenvalue weighted by atomic mass is 10.1. The minimum atomic E-state index is -0.378. The highest BCUT2D eigenvalue weighted by Crippen LogP contribution is 2.23. The van der Waals surface area contributed by atoms with Crippen LogP contribution in [0.3, 0.4) is 0 Å². The highest BCUT2D eigenvalue weighted by molar-refractivity contribution is 5.97. The van der Waals surface area contributed by atoms with E-state index < -0.39 is 0 Å². The van der Waals surface area contributed by atoms with Crippen LogP contribution in [-0.4, -0.2) is 50.1 Å². The molecule has 2 amide bonds. The van der Waals surface area contributed by atoms with Crippen molar-refractivity contribution in [3.05, 3.63) is 60.4 Å². The number of carbonyl (C=O) groups is 2. The fraction of sp³-hybridized carbons (Fsp3) is 0.238. The van der Waals surface area contributed by atoms with E-state index >= 15 is 0 Å². The lowest BCUT2D eigenvalue weighted by Crippen LogP contribution is -2.30. The third-order valence-corrected chi connectivity index (χ3v) is 5.01. The van der Waals surface area contributed by atoms with Gasteiger partial charge < -0.3 is 15.3 Å². The van der Waals surface area contributed by atoms with Gasteiger partial charge in [-0.1, -0.05) is 24.3 Å². The highest BCUT2D eigenvalue weighted by atomic mass is 16.3. The maximum atomic E-state index is 12.7. The van der Waals surface area contributed by atoms with Gasteiger partial charge in [-0.15, -0.1) is 0 Å². The van der Waals surface area contributed by atoms with E-state index in [1.54, 1.807) is 23.1 Å². The van der Waals surface area contributed by atoms with Crippen molar-refractivity contribution < 1.29 is 14.7 Å². The number of phenolic OH excluding ortho intramolecular Hbond substituents is 1. The van der Waals surface area contributed by atoms with Gasteiger partial charge in [-0.05, 0) is 36.2 Å². The molecule has 2 aromatic carbocycles. The largest absolute Gasteiger partial charge is 0.508 e. The molecule has 148 valence electrons. The van der Waals surface area contributed by atoms with Gasteiger partial charge in [0.05, 0.1) is 5.92 Å². The van der Waals surface area contributed by atoms with Crippen molar-refractivity contribution in [2.45, 2.75) is 12.8 Å². The van der Waals surface area contributed by atoms with Crippen LogP contribution < -0.4 is 5.32 Å². The van der Waals surface area contributed by atoms with Crippen LogP contribution in [0.1, 0.15) is 12.0 Å². The molecule has 8 heteroatoms. The molecule has 1 aromatic heterocycles. The van der Waals surface area contributed by atoms with Crippen molar-refractivity contribution in [2.75, 3.05) is 18.4 Å². The van der Waals surface area contributed by atoms with E-state index in [-0.39, 0.29) is 29.9 Å². The van der Waals surface area contributed by atoms with Crippen molar-refractivity contribution in [2.24, 2.45) is 5.92 Å². The number of hydrogen-bond donors (Lipinski definition) is 3. The lowest BCUT2D eigenvalue weighted by molar-refractivity contribution is -0.128. The molecule has 1 saturated heterocycles. The molecule has 3 N–H and O–H groups in total. The van der Waals surface area contributed by atoms with Gasteiger partial charge in [0.1, 0.15) is 12.1 Å². The second-order valence-electron chi connectivity index (χ2n) is 7.06. The Morgan fingerprint density at radius 2 is 2.07 bits per heavy atom. The predicted octanol–water partition coefficient (Wildman–Crippen LogP) is 2.21. The molecule has 29 heavy (non-hydrogen) atoms. The Kier molecular flexibility index (Phi) is 5.24. The topological polar surface area (TPSA) is 111 Å². The first-order valence-corrected chi connectivity index (χ1v) is 9.41. The molecule has 4 rings (SSSR count). The second-order valence-corrected chi connectivity index (χ2v) is 7.06. The number of carbonyl (C=O) groups excluding carboxylic acids is 2. The monoisotopic (exact) mass is 391 g/mol. The molecule has 1 fully saturated rings. The summed E-state index contributed by atoms with van der Waals surface area (Å²) in [4.78, 5) is 30.8. The van der Waals surface area contributed by atoms with Gasteiger partial charge in [0.15, 0.2) is 5.82 Å². The number of nitrogens with zero attached hydrogens (tertiary/aromatic N) is 3. The number of likely N-dealkylation sites (tertiary alicyclic amines) is 1.